The third-order valence-corrected chi connectivity index (χ3v) is 3.55. The van der Waals surface area contributed by atoms with Gasteiger partial charge in [0.2, 0.25) is 0 Å². The van der Waals surface area contributed by atoms with Crippen molar-refractivity contribution in [2.45, 2.75) is 65.3 Å². The fraction of sp³-hybridized carbons (Fsp3) is 0.800. The van der Waals surface area contributed by atoms with Gasteiger partial charge in [0.15, 0.2) is 0 Å². The maximum atomic E-state index is 4.50. The molecule has 1 aromatic rings. The van der Waals surface area contributed by atoms with Crippen molar-refractivity contribution in [2.24, 2.45) is 7.05 Å². The van der Waals surface area contributed by atoms with E-state index in [0.29, 0.717) is 6.04 Å². The molecule has 0 radical (unpaired) electrons. The fourth-order valence-corrected chi connectivity index (χ4v) is 2.31. The highest BCUT2D eigenvalue weighted by molar-refractivity contribution is 5.10. The molecule has 1 N–H and O–H groups in total. The smallest absolute Gasteiger partial charge is 0.0624 e. The molecular weight excluding hydrogens is 222 g/mol. The van der Waals surface area contributed by atoms with Crippen molar-refractivity contribution in [3.63, 3.8) is 0 Å². The molecule has 3 nitrogen and oxygen atoms in total. The maximum absolute atomic E-state index is 4.50. The molecule has 0 aliphatic carbocycles. The van der Waals surface area contributed by atoms with Gasteiger partial charge in [-0.1, -0.05) is 20.8 Å². The first-order valence-electron chi connectivity index (χ1n) is 7.46. The van der Waals surface area contributed by atoms with Crippen LogP contribution in [0, 0.1) is 0 Å². The number of nitrogens with one attached hydrogen (secondary N) is 1. The Kier molecular flexibility index (Phi) is 7.02. The molecular formula is C15H29N3. The Morgan fingerprint density at radius 1 is 1.33 bits per heavy atom. The summed E-state index contributed by atoms with van der Waals surface area (Å²) in [5.41, 5.74) is 2.58. The van der Waals surface area contributed by atoms with E-state index >= 15 is 0 Å². The average Bonchev–Trinajstić information content (AvgIpc) is 2.74. The van der Waals surface area contributed by atoms with Crippen LogP contribution in [0.25, 0.3) is 0 Å². The lowest BCUT2D eigenvalue weighted by atomic mass is 10.1. The minimum atomic E-state index is 0.684. The molecule has 0 amide bonds. The zero-order chi connectivity index (χ0) is 13.4. The zero-order valence-electron chi connectivity index (χ0n) is 12.5. The van der Waals surface area contributed by atoms with Crippen LogP contribution < -0.4 is 5.32 Å². The number of aryl methyl sites for hydroxylation is 3. The predicted octanol–water partition coefficient (Wildman–Crippen LogP) is 3.08. The van der Waals surface area contributed by atoms with Crippen LogP contribution in [0.4, 0.5) is 0 Å². The lowest BCUT2D eigenvalue weighted by molar-refractivity contribution is 0.453. The summed E-state index contributed by atoms with van der Waals surface area (Å²) in [5.74, 6) is 0. The quantitative estimate of drug-likeness (QED) is 0.731. The molecule has 3 heteroatoms. The largest absolute Gasteiger partial charge is 0.314 e. The molecule has 0 aliphatic rings. The first kappa shape index (κ1) is 15.2. The third kappa shape index (κ3) is 4.81. The highest BCUT2D eigenvalue weighted by Gasteiger charge is 2.07. The second-order valence-corrected chi connectivity index (χ2v) is 5.06. The first-order chi connectivity index (χ1) is 8.71. The van der Waals surface area contributed by atoms with E-state index in [0.717, 1.165) is 19.4 Å². The van der Waals surface area contributed by atoms with Crippen LogP contribution in [0.3, 0.4) is 0 Å². The van der Waals surface area contributed by atoms with E-state index in [1.54, 1.807) is 0 Å². The number of aromatic nitrogens is 2. The van der Waals surface area contributed by atoms with Gasteiger partial charge in [0.05, 0.1) is 5.69 Å². The van der Waals surface area contributed by atoms with Gasteiger partial charge in [-0.15, -0.1) is 0 Å². The van der Waals surface area contributed by atoms with Crippen molar-refractivity contribution in [2.75, 3.05) is 6.54 Å². The Labute approximate surface area is 112 Å². The van der Waals surface area contributed by atoms with Gasteiger partial charge in [0.1, 0.15) is 0 Å². The highest BCUT2D eigenvalue weighted by Crippen LogP contribution is 2.10. The Hall–Kier alpha value is -0.830. The van der Waals surface area contributed by atoms with E-state index in [1.807, 2.05) is 4.68 Å². The van der Waals surface area contributed by atoms with Crippen LogP contribution in [0.2, 0.25) is 0 Å². The molecule has 104 valence electrons. The van der Waals surface area contributed by atoms with Crippen LogP contribution >= 0.6 is 0 Å². The van der Waals surface area contributed by atoms with Gasteiger partial charge >= 0.3 is 0 Å². The van der Waals surface area contributed by atoms with Crippen LogP contribution in [0.5, 0.6) is 0 Å². The molecule has 1 unspecified atom stereocenters. The number of nitrogens with zero attached hydrogens (tertiary/aromatic N) is 2. The van der Waals surface area contributed by atoms with Gasteiger partial charge in [0.25, 0.3) is 0 Å². The molecule has 0 spiro atoms. The van der Waals surface area contributed by atoms with Crippen molar-refractivity contribution in [3.8, 4) is 0 Å². The predicted molar refractivity (Wildman–Crippen MR) is 77.9 cm³/mol. The van der Waals surface area contributed by atoms with Crippen LogP contribution in [0.1, 0.15) is 57.8 Å². The molecule has 1 rings (SSSR count). The molecule has 0 saturated carbocycles. The molecule has 1 aromatic heterocycles. The molecule has 0 saturated heterocycles. The minimum absolute atomic E-state index is 0.684. The molecule has 18 heavy (non-hydrogen) atoms. The van der Waals surface area contributed by atoms with Crippen molar-refractivity contribution in [1.29, 1.82) is 0 Å². The lowest BCUT2D eigenvalue weighted by Crippen LogP contribution is -2.29. The summed E-state index contributed by atoms with van der Waals surface area (Å²) in [7, 11) is 2.06. The molecule has 1 heterocycles. The summed E-state index contributed by atoms with van der Waals surface area (Å²) in [4.78, 5) is 0. The van der Waals surface area contributed by atoms with Crippen molar-refractivity contribution >= 4 is 0 Å². The summed E-state index contributed by atoms with van der Waals surface area (Å²) in [5, 5.41) is 8.11. The van der Waals surface area contributed by atoms with Gasteiger partial charge < -0.3 is 5.32 Å². The Morgan fingerprint density at radius 2 is 2.11 bits per heavy atom. The second-order valence-electron chi connectivity index (χ2n) is 5.06. The van der Waals surface area contributed by atoms with Gasteiger partial charge in [-0.05, 0) is 51.1 Å². The van der Waals surface area contributed by atoms with Crippen molar-refractivity contribution < 1.29 is 0 Å². The highest BCUT2D eigenvalue weighted by atomic mass is 15.3. The van der Waals surface area contributed by atoms with E-state index in [4.69, 9.17) is 0 Å². The Bertz CT molecular complexity index is 330. The zero-order valence-corrected chi connectivity index (χ0v) is 12.5. The van der Waals surface area contributed by atoms with Gasteiger partial charge in [0, 0.05) is 18.8 Å². The van der Waals surface area contributed by atoms with E-state index in [2.05, 4.69) is 44.3 Å². The molecule has 0 aliphatic heterocycles. The van der Waals surface area contributed by atoms with Crippen LogP contribution in [-0.4, -0.2) is 22.4 Å². The number of rotatable bonds is 9. The molecule has 0 fully saturated rings. The second kappa shape index (κ2) is 8.30. The average molecular weight is 251 g/mol. The van der Waals surface area contributed by atoms with Crippen molar-refractivity contribution in [3.05, 3.63) is 17.5 Å². The van der Waals surface area contributed by atoms with E-state index in [9.17, 15) is 0 Å². The van der Waals surface area contributed by atoms with Crippen LogP contribution in [-0.2, 0) is 19.9 Å². The lowest BCUT2D eigenvalue weighted by Gasteiger charge is -2.16. The SMILES string of the molecule is CCCNC(CC)CCCc1cc(CC)nn1C. The summed E-state index contributed by atoms with van der Waals surface area (Å²) in [6.45, 7) is 7.80. The van der Waals surface area contributed by atoms with Crippen LogP contribution in [0.15, 0.2) is 6.07 Å². The standard InChI is InChI=1S/C15H29N3/c1-5-11-16-13(6-2)9-8-10-15-12-14(7-3)17-18(15)4/h12-13,16H,5-11H2,1-4H3. The summed E-state index contributed by atoms with van der Waals surface area (Å²) in [6.07, 6.45) is 7.14. The first-order valence-corrected chi connectivity index (χ1v) is 7.46. The van der Waals surface area contributed by atoms with Gasteiger partial charge in [-0.2, -0.15) is 5.10 Å². The van der Waals surface area contributed by atoms with E-state index in [1.165, 1.54) is 37.1 Å². The molecule has 0 aromatic carbocycles. The van der Waals surface area contributed by atoms with Gasteiger partial charge in [-0.25, -0.2) is 0 Å². The molecule has 1 atom stereocenters. The number of hydrogen-bond acceptors (Lipinski definition) is 2. The topological polar surface area (TPSA) is 29.9 Å². The van der Waals surface area contributed by atoms with E-state index < -0.39 is 0 Å². The Morgan fingerprint density at radius 3 is 2.67 bits per heavy atom. The summed E-state index contributed by atoms with van der Waals surface area (Å²) in [6, 6.07) is 2.93. The molecule has 0 bridgehead atoms. The van der Waals surface area contributed by atoms with Gasteiger partial charge in [-0.3, -0.25) is 4.68 Å². The summed E-state index contributed by atoms with van der Waals surface area (Å²) >= 11 is 0. The van der Waals surface area contributed by atoms with Crippen molar-refractivity contribution in [1.82, 2.24) is 15.1 Å². The minimum Gasteiger partial charge on any atom is -0.314 e. The van der Waals surface area contributed by atoms with E-state index in [-0.39, 0.29) is 0 Å². The third-order valence-electron chi connectivity index (χ3n) is 3.55. The maximum Gasteiger partial charge on any atom is 0.0624 e. The summed E-state index contributed by atoms with van der Waals surface area (Å²) < 4.78 is 2.04. The number of hydrogen-bond donors (Lipinski definition) is 1. The monoisotopic (exact) mass is 251 g/mol. The fourth-order valence-electron chi connectivity index (χ4n) is 2.31. The Balaban J connectivity index is 2.33. The normalized spacial score (nSPS) is 12.9.